The number of rotatable bonds is 2. The molecule has 0 aromatic heterocycles. The molecule has 0 unspecified atom stereocenters. The van der Waals surface area contributed by atoms with Crippen LogP contribution in [0, 0.1) is 0 Å². The summed E-state index contributed by atoms with van der Waals surface area (Å²) in [6, 6.07) is 12.2. The van der Waals surface area contributed by atoms with Crippen LogP contribution in [0.3, 0.4) is 0 Å². The topological polar surface area (TPSA) is 38.3 Å². The number of ether oxygens (including phenoxy) is 1. The highest BCUT2D eigenvalue weighted by Crippen LogP contribution is 2.39. The minimum atomic E-state index is 0.00953. The Morgan fingerprint density at radius 2 is 1.86 bits per heavy atom. The Bertz CT molecular complexity index is 742. The molecule has 0 saturated heterocycles. The number of amides is 1. The molecule has 3 rings (SSSR count). The first-order chi connectivity index (χ1) is 10.4. The molecule has 0 aliphatic carbocycles. The summed E-state index contributed by atoms with van der Waals surface area (Å²) >= 11 is 0. The number of hydrogen-bond donors (Lipinski definition) is 1. The maximum absolute atomic E-state index is 11.7. The fourth-order valence-corrected chi connectivity index (χ4v) is 2.97. The lowest BCUT2D eigenvalue weighted by Gasteiger charge is -2.24. The zero-order valence-corrected chi connectivity index (χ0v) is 13.5. The van der Waals surface area contributed by atoms with E-state index in [4.69, 9.17) is 4.74 Å². The number of hydrogen-bond acceptors (Lipinski definition) is 2. The molecule has 2 aromatic carbocycles. The van der Waals surface area contributed by atoms with Gasteiger partial charge in [0, 0.05) is 23.2 Å². The Morgan fingerprint density at radius 3 is 2.55 bits per heavy atom. The van der Waals surface area contributed by atoms with E-state index in [-0.39, 0.29) is 11.3 Å². The minimum Gasteiger partial charge on any atom is -0.496 e. The standard InChI is InChI=1S/C19H21NO2/c1-19(2,3)16-7-5-6-14(17(16)22-4)12-8-9-15-13(10-12)11-20-18(15)21/h5-10H,11H2,1-4H3,(H,20,21). The summed E-state index contributed by atoms with van der Waals surface area (Å²) in [6.45, 7) is 7.14. The van der Waals surface area contributed by atoms with Crippen LogP contribution in [0.15, 0.2) is 36.4 Å². The number of nitrogens with one attached hydrogen (secondary N) is 1. The third-order valence-corrected chi connectivity index (χ3v) is 4.13. The van der Waals surface area contributed by atoms with Crippen LogP contribution in [-0.4, -0.2) is 13.0 Å². The molecule has 1 aliphatic heterocycles. The second-order valence-electron chi connectivity index (χ2n) is 6.69. The van der Waals surface area contributed by atoms with Crippen molar-refractivity contribution < 1.29 is 9.53 Å². The molecule has 22 heavy (non-hydrogen) atoms. The Hall–Kier alpha value is -2.29. The Morgan fingerprint density at radius 1 is 1.09 bits per heavy atom. The number of carbonyl (C=O) groups is 1. The zero-order chi connectivity index (χ0) is 15.9. The molecule has 0 radical (unpaired) electrons. The van der Waals surface area contributed by atoms with Gasteiger partial charge in [-0.25, -0.2) is 0 Å². The SMILES string of the molecule is COc1c(-c2ccc3c(c2)CNC3=O)cccc1C(C)(C)C. The van der Waals surface area contributed by atoms with E-state index < -0.39 is 0 Å². The van der Waals surface area contributed by atoms with Crippen molar-refractivity contribution in [1.82, 2.24) is 5.32 Å². The van der Waals surface area contributed by atoms with Gasteiger partial charge in [-0.2, -0.15) is 0 Å². The van der Waals surface area contributed by atoms with Crippen LogP contribution in [0.25, 0.3) is 11.1 Å². The second kappa shape index (κ2) is 5.16. The Labute approximate surface area is 131 Å². The highest BCUT2D eigenvalue weighted by atomic mass is 16.5. The van der Waals surface area contributed by atoms with Crippen LogP contribution < -0.4 is 10.1 Å². The molecule has 0 fully saturated rings. The smallest absolute Gasteiger partial charge is 0.251 e. The molecular weight excluding hydrogens is 274 g/mol. The summed E-state index contributed by atoms with van der Waals surface area (Å²) in [4.78, 5) is 11.7. The van der Waals surface area contributed by atoms with Gasteiger partial charge in [0.2, 0.25) is 0 Å². The average molecular weight is 295 g/mol. The average Bonchev–Trinajstić information content (AvgIpc) is 2.86. The third-order valence-electron chi connectivity index (χ3n) is 4.13. The second-order valence-corrected chi connectivity index (χ2v) is 6.69. The van der Waals surface area contributed by atoms with E-state index >= 15 is 0 Å². The molecule has 3 nitrogen and oxygen atoms in total. The summed E-state index contributed by atoms with van der Waals surface area (Å²) < 4.78 is 5.72. The molecule has 2 aromatic rings. The molecule has 0 saturated carbocycles. The molecule has 114 valence electrons. The van der Waals surface area contributed by atoms with Crippen LogP contribution in [0.2, 0.25) is 0 Å². The lowest BCUT2D eigenvalue weighted by Crippen LogP contribution is -2.13. The van der Waals surface area contributed by atoms with Crippen LogP contribution in [0.5, 0.6) is 5.75 Å². The van der Waals surface area contributed by atoms with Crippen LogP contribution >= 0.6 is 0 Å². The molecule has 1 aliphatic rings. The van der Waals surface area contributed by atoms with Crippen molar-refractivity contribution in [2.24, 2.45) is 0 Å². The molecule has 1 N–H and O–H groups in total. The molecule has 1 heterocycles. The molecule has 0 atom stereocenters. The van der Waals surface area contributed by atoms with E-state index in [1.807, 2.05) is 12.1 Å². The van der Waals surface area contributed by atoms with Gasteiger partial charge in [-0.15, -0.1) is 0 Å². The first-order valence-corrected chi connectivity index (χ1v) is 7.51. The van der Waals surface area contributed by atoms with Crippen molar-refractivity contribution in [3.63, 3.8) is 0 Å². The summed E-state index contributed by atoms with van der Waals surface area (Å²) in [6.07, 6.45) is 0. The number of carbonyl (C=O) groups excluding carboxylic acids is 1. The zero-order valence-electron chi connectivity index (χ0n) is 13.5. The number of methoxy groups -OCH3 is 1. The molecule has 3 heteroatoms. The van der Waals surface area contributed by atoms with Gasteiger partial charge in [0.15, 0.2) is 0 Å². The van der Waals surface area contributed by atoms with E-state index in [2.05, 4.69) is 50.4 Å². The largest absolute Gasteiger partial charge is 0.496 e. The van der Waals surface area contributed by atoms with Gasteiger partial charge in [-0.1, -0.05) is 45.0 Å². The number of fused-ring (bicyclic) bond motifs is 1. The molecule has 1 amide bonds. The lowest BCUT2D eigenvalue weighted by atomic mass is 9.84. The fourth-order valence-electron chi connectivity index (χ4n) is 2.97. The van der Waals surface area contributed by atoms with Gasteiger partial charge in [-0.3, -0.25) is 4.79 Å². The summed E-state index contributed by atoms with van der Waals surface area (Å²) in [5.41, 5.74) is 5.16. The van der Waals surface area contributed by atoms with Crippen molar-refractivity contribution in [3.05, 3.63) is 53.1 Å². The van der Waals surface area contributed by atoms with Crippen molar-refractivity contribution >= 4 is 5.91 Å². The van der Waals surface area contributed by atoms with E-state index in [9.17, 15) is 4.79 Å². The molecular formula is C19H21NO2. The van der Waals surface area contributed by atoms with Crippen molar-refractivity contribution in [2.75, 3.05) is 7.11 Å². The predicted octanol–water partition coefficient (Wildman–Crippen LogP) is 3.90. The van der Waals surface area contributed by atoms with Gasteiger partial charge in [-0.05, 0) is 28.7 Å². The predicted molar refractivity (Wildman–Crippen MR) is 88.3 cm³/mol. The van der Waals surface area contributed by atoms with Crippen LogP contribution in [0.1, 0.15) is 42.3 Å². The van der Waals surface area contributed by atoms with Gasteiger partial charge in [0.1, 0.15) is 5.75 Å². The van der Waals surface area contributed by atoms with E-state index in [0.29, 0.717) is 6.54 Å². The third kappa shape index (κ3) is 2.37. The highest BCUT2D eigenvalue weighted by Gasteiger charge is 2.23. The first-order valence-electron chi connectivity index (χ1n) is 7.51. The first kappa shape index (κ1) is 14.6. The summed E-state index contributed by atoms with van der Waals surface area (Å²) in [5, 5.41) is 2.86. The van der Waals surface area contributed by atoms with Crippen molar-refractivity contribution in [3.8, 4) is 16.9 Å². The van der Waals surface area contributed by atoms with Crippen LogP contribution in [0.4, 0.5) is 0 Å². The van der Waals surface area contributed by atoms with Gasteiger partial charge in [0.05, 0.1) is 7.11 Å². The van der Waals surface area contributed by atoms with Gasteiger partial charge in [0.25, 0.3) is 5.91 Å². The van der Waals surface area contributed by atoms with Crippen molar-refractivity contribution in [1.29, 1.82) is 0 Å². The Balaban J connectivity index is 2.15. The normalized spacial score (nSPS) is 13.7. The van der Waals surface area contributed by atoms with Crippen molar-refractivity contribution in [2.45, 2.75) is 32.7 Å². The van der Waals surface area contributed by atoms with Gasteiger partial charge < -0.3 is 10.1 Å². The maximum Gasteiger partial charge on any atom is 0.251 e. The molecule has 0 bridgehead atoms. The minimum absolute atomic E-state index is 0.00953. The fraction of sp³-hybridized carbons (Fsp3) is 0.316. The summed E-state index contributed by atoms with van der Waals surface area (Å²) in [5.74, 6) is 0.921. The van der Waals surface area contributed by atoms with Crippen LogP contribution in [-0.2, 0) is 12.0 Å². The van der Waals surface area contributed by atoms with E-state index in [0.717, 1.165) is 28.0 Å². The highest BCUT2D eigenvalue weighted by molar-refractivity contribution is 5.99. The maximum atomic E-state index is 11.7. The number of benzene rings is 2. The van der Waals surface area contributed by atoms with E-state index in [1.54, 1.807) is 7.11 Å². The Kier molecular flexibility index (Phi) is 3.44. The van der Waals surface area contributed by atoms with Gasteiger partial charge >= 0.3 is 0 Å². The monoisotopic (exact) mass is 295 g/mol. The summed E-state index contributed by atoms with van der Waals surface area (Å²) in [7, 11) is 1.71. The lowest BCUT2D eigenvalue weighted by molar-refractivity contribution is 0.0966. The van der Waals surface area contributed by atoms with E-state index in [1.165, 1.54) is 5.56 Å². The molecule has 0 spiro atoms. The quantitative estimate of drug-likeness (QED) is 0.912. The number of para-hydroxylation sites is 1.